The van der Waals surface area contributed by atoms with Crippen LogP contribution in [0.2, 0.25) is 0 Å². The standard InChI is InChI=1S/C25H33IN5O3P/c1-33-21(32)11-7-2-3-8-16-34-20-14-12-19(13-15-20)28-25-29-22(18-9-5-4-6-10-18)23-24(30-25)31(35-26)17-27-23/h12-15,17-18,35H,2-11,16H2,1H3,(H,28,29,30). The van der Waals surface area contributed by atoms with Crippen molar-refractivity contribution in [2.75, 3.05) is 19.0 Å². The number of esters is 1. The first-order valence-corrected chi connectivity index (χ1v) is 16.4. The fourth-order valence-corrected chi connectivity index (χ4v) is 5.88. The van der Waals surface area contributed by atoms with Crippen molar-refractivity contribution in [3.63, 3.8) is 0 Å². The molecule has 188 valence electrons. The van der Waals surface area contributed by atoms with Crippen LogP contribution in [0.3, 0.4) is 0 Å². The highest BCUT2D eigenvalue weighted by atomic mass is 127. The van der Waals surface area contributed by atoms with Gasteiger partial charge in [0.2, 0.25) is 5.95 Å². The molecule has 0 radical (unpaired) electrons. The molecule has 1 saturated carbocycles. The molecule has 0 amide bonds. The van der Waals surface area contributed by atoms with Crippen molar-refractivity contribution < 1.29 is 14.3 Å². The van der Waals surface area contributed by atoms with Crippen molar-refractivity contribution in [3.8, 4) is 5.75 Å². The van der Waals surface area contributed by atoms with E-state index >= 15 is 0 Å². The van der Waals surface area contributed by atoms with Crippen LogP contribution in [-0.2, 0) is 9.53 Å². The molecule has 1 N–H and O–H groups in total. The summed E-state index contributed by atoms with van der Waals surface area (Å²) in [7, 11) is 1.43. The third-order valence-corrected chi connectivity index (χ3v) is 8.46. The molecule has 10 heteroatoms. The van der Waals surface area contributed by atoms with Crippen LogP contribution >= 0.6 is 28.4 Å². The van der Waals surface area contributed by atoms with E-state index in [1.54, 1.807) is 0 Å². The zero-order valence-electron chi connectivity index (χ0n) is 20.1. The SMILES string of the molecule is COC(=O)CCCCCCOc1ccc(Nc2nc(C3CCCCC3)c3ncn(PI)c3n2)cc1. The zero-order chi connectivity index (χ0) is 24.5. The fraction of sp³-hybridized carbons (Fsp3) is 0.520. The molecular formula is C25H33IN5O3P. The number of anilines is 2. The van der Waals surface area contributed by atoms with Gasteiger partial charge in [0, 0.05) is 18.0 Å². The summed E-state index contributed by atoms with van der Waals surface area (Å²) in [6, 6.07) is 7.93. The van der Waals surface area contributed by atoms with Crippen molar-refractivity contribution in [1.29, 1.82) is 0 Å². The Labute approximate surface area is 221 Å². The van der Waals surface area contributed by atoms with E-state index in [1.807, 2.05) is 30.6 Å². The predicted molar refractivity (Wildman–Crippen MR) is 149 cm³/mol. The Balaban J connectivity index is 1.34. The van der Waals surface area contributed by atoms with Gasteiger partial charge < -0.3 is 14.8 Å². The Kier molecular flexibility index (Phi) is 9.94. The first-order chi connectivity index (χ1) is 17.2. The number of unbranched alkanes of at least 4 members (excludes halogenated alkanes) is 3. The third kappa shape index (κ3) is 7.26. The minimum atomic E-state index is -0.138. The first kappa shape index (κ1) is 26.1. The number of aromatic nitrogens is 4. The van der Waals surface area contributed by atoms with Crippen molar-refractivity contribution in [2.45, 2.75) is 70.1 Å². The molecule has 0 bridgehead atoms. The van der Waals surface area contributed by atoms with E-state index in [4.69, 9.17) is 14.7 Å². The highest BCUT2D eigenvalue weighted by molar-refractivity contribution is 14.2. The number of carbonyl (C=O) groups is 1. The maximum absolute atomic E-state index is 11.1. The number of benzene rings is 1. The van der Waals surface area contributed by atoms with Gasteiger partial charge in [-0.05, 0) is 72.0 Å². The van der Waals surface area contributed by atoms with Gasteiger partial charge in [0.15, 0.2) is 5.65 Å². The highest BCUT2D eigenvalue weighted by Crippen LogP contribution is 2.37. The van der Waals surface area contributed by atoms with Crippen LogP contribution in [0.25, 0.3) is 11.2 Å². The van der Waals surface area contributed by atoms with E-state index in [-0.39, 0.29) is 5.97 Å². The lowest BCUT2D eigenvalue weighted by atomic mass is 9.86. The van der Waals surface area contributed by atoms with Gasteiger partial charge in [-0.2, -0.15) is 4.98 Å². The molecule has 0 aliphatic heterocycles. The molecule has 1 aliphatic carbocycles. The number of methoxy groups -OCH3 is 1. The third-order valence-electron chi connectivity index (χ3n) is 6.39. The highest BCUT2D eigenvalue weighted by Gasteiger charge is 2.23. The zero-order valence-corrected chi connectivity index (χ0v) is 23.3. The van der Waals surface area contributed by atoms with E-state index < -0.39 is 0 Å². The van der Waals surface area contributed by atoms with Crippen molar-refractivity contribution >= 4 is 57.2 Å². The first-order valence-electron chi connectivity index (χ1n) is 12.4. The molecule has 2 heterocycles. The summed E-state index contributed by atoms with van der Waals surface area (Å²) in [5.74, 6) is 1.78. The van der Waals surface area contributed by atoms with Gasteiger partial charge in [0.05, 0.1) is 25.8 Å². The van der Waals surface area contributed by atoms with Gasteiger partial charge in [0.1, 0.15) is 17.6 Å². The lowest BCUT2D eigenvalue weighted by Crippen LogP contribution is -2.10. The molecule has 4 rings (SSSR count). The van der Waals surface area contributed by atoms with Crippen LogP contribution in [0.1, 0.15) is 75.8 Å². The quantitative estimate of drug-likeness (QED) is 0.103. The summed E-state index contributed by atoms with van der Waals surface area (Å²) >= 11 is 2.36. The molecule has 35 heavy (non-hydrogen) atoms. The summed E-state index contributed by atoms with van der Waals surface area (Å²) in [6.45, 7) is 0.663. The Hall–Kier alpha value is -2.00. The molecule has 8 nitrogen and oxygen atoms in total. The van der Waals surface area contributed by atoms with Gasteiger partial charge >= 0.3 is 5.97 Å². The average molecular weight is 609 g/mol. The number of fused-ring (bicyclic) bond motifs is 1. The molecule has 2 aromatic heterocycles. The van der Waals surface area contributed by atoms with Gasteiger partial charge in [-0.15, -0.1) is 0 Å². The van der Waals surface area contributed by atoms with Crippen LogP contribution in [0.15, 0.2) is 30.6 Å². The summed E-state index contributed by atoms with van der Waals surface area (Å²) in [5, 5.41) is 3.39. The van der Waals surface area contributed by atoms with E-state index in [0.717, 1.165) is 54.0 Å². The summed E-state index contributed by atoms with van der Waals surface area (Å²) in [6.07, 6.45) is 12.9. The van der Waals surface area contributed by atoms with Crippen LogP contribution in [0.5, 0.6) is 5.75 Å². The Morgan fingerprint density at radius 3 is 2.63 bits per heavy atom. The lowest BCUT2D eigenvalue weighted by molar-refractivity contribution is -0.140. The van der Waals surface area contributed by atoms with E-state index in [1.165, 1.54) is 39.2 Å². The number of carbonyl (C=O) groups excluding carboxylic acids is 1. The van der Waals surface area contributed by atoms with Crippen molar-refractivity contribution in [2.24, 2.45) is 0 Å². The van der Waals surface area contributed by atoms with Crippen molar-refractivity contribution in [1.82, 2.24) is 19.3 Å². The van der Waals surface area contributed by atoms with Crippen molar-refractivity contribution in [3.05, 3.63) is 36.3 Å². The van der Waals surface area contributed by atoms with Crippen LogP contribution in [-0.4, -0.2) is 39.0 Å². The van der Waals surface area contributed by atoms with E-state index in [9.17, 15) is 4.79 Å². The van der Waals surface area contributed by atoms with E-state index in [0.29, 0.717) is 31.3 Å². The molecule has 3 aromatic rings. The maximum Gasteiger partial charge on any atom is 0.305 e. The van der Waals surface area contributed by atoms with E-state index in [2.05, 4.69) is 41.4 Å². The number of rotatable bonds is 12. The predicted octanol–water partition coefficient (Wildman–Crippen LogP) is 6.91. The Bertz CT molecular complexity index is 1100. The second kappa shape index (κ2) is 13.3. The normalized spacial score (nSPS) is 14.6. The lowest BCUT2D eigenvalue weighted by Gasteiger charge is -2.21. The topological polar surface area (TPSA) is 91.2 Å². The molecule has 0 saturated heterocycles. The summed E-state index contributed by atoms with van der Waals surface area (Å²) < 4.78 is 12.6. The second-order valence-corrected chi connectivity index (χ2v) is 11.0. The minimum absolute atomic E-state index is 0.138. The Morgan fingerprint density at radius 2 is 1.89 bits per heavy atom. The number of nitrogens with zero attached hydrogens (tertiary/aromatic N) is 4. The number of hydrogen-bond donors (Lipinski definition) is 1. The van der Waals surface area contributed by atoms with Gasteiger partial charge in [-0.25, -0.2) is 9.97 Å². The molecule has 1 aromatic carbocycles. The van der Waals surface area contributed by atoms with Crippen LogP contribution in [0, 0.1) is 0 Å². The number of hydrogen-bond acceptors (Lipinski definition) is 7. The monoisotopic (exact) mass is 609 g/mol. The fourth-order valence-electron chi connectivity index (χ4n) is 4.48. The number of halogens is 1. The molecule has 0 spiro atoms. The average Bonchev–Trinajstić information content (AvgIpc) is 3.32. The Morgan fingerprint density at radius 1 is 1.11 bits per heavy atom. The van der Waals surface area contributed by atoms with Gasteiger partial charge in [0.25, 0.3) is 0 Å². The van der Waals surface area contributed by atoms with Crippen LogP contribution < -0.4 is 10.1 Å². The summed E-state index contributed by atoms with van der Waals surface area (Å²) in [5.41, 5.74) is 3.86. The molecule has 1 fully saturated rings. The molecular weight excluding hydrogens is 576 g/mol. The maximum atomic E-state index is 11.1. The molecule has 1 aliphatic rings. The van der Waals surface area contributed by atoms with Gasteiger partial charge in [-0.1, -0.05) is 32.1 Å². The smallest absolute Gasteiger partial charge is 0.305 e. The summed E-state index contributed by atoms with van der Waals surface area (Å²) in [4.78, 5) is 25.5. The molecule has 1 unspecified atom stereocenters. The van der Waals surface area contributed by atoms with Gasteiger partial charge in [-0.3, -0.25) is 9.13 Å². The number of imidazole rings is 1. The minimum Gasteiger partial charge on any atom is -0.494 e. The number of ether oxygens (including phenoxy) is 2. The van der Waals surface area contributed by atoms with Crippen LogP contribution in [0.4, 0.5) is 11.6 Å². The second-order valence-electron chi connectivity index (χ2n) is 8.88. The largest absolute Gasteiger partial charge is 0.494 e. The number of nitrogens with one attached hydrogen (secondary N) is 1. The molecule has 1 atom stereocenters.